The molecule has 1 nitrogen and oxygen atoms in total. The second kappa shape index (κ2) is 6.48. The van der Waals surface area contributed by atoms with Crippen LogP contribution in [0.1, 0.15) is 76.7 Å². The molecule has 6 aliphatic carbocycles. The second-order valence-corrected chi connectivity index (χ2v) is 10.9. The number of benzene rings is 1. The topological polar surface area (TPSA) is 9.23 Å². The van der Waals surface area contributed by atoms with Gasteiger partial charge in [0.2, 0.25) is 5.82 Å². The molecule has 6 heteroatoms. The van der Waals surface area contributed by atoms with Crippen molar-refractivity contribution in [3.63, 3.8) is 0 Å². The van der Waals surface area contributed by atoms with Crippen LogP contribution in [0.15, 0.2) is 24.0 Å². The molecule has 0 aliphatic heterocycles. The van der Waals surface area contributed by atoms with E-state index in [9.17, 15) is 8.78 Å². The van der Waals surface area contributed by atoms with E-state index in [1.54, 1.807) is 0 Å². The molecule has 0 spiro atoms. The molecule has 31 heavy (non-hydrogen) atoms. The SMILES string of the molecule is Cc1ccc(OC(F)(F)C23C=C(F)C(C45CCC(C)(CC4)CC5)(CC2)CC3)c(F)c1F. The van der Waals surface area contributed by atoms with E-state index in [4.69, 9.17) is 4.74 Å². The molecule has 4 fully saturated rings. The fourth-order valence-corrected chi connectivity index (χ4v) is 7.08. The Kier molecular flexibility index (Phi) is 4.44. The summed E-state index contributed by atoms with van der Waals surface area (Å²) in [5.74, 6) is -3.92. The lowest BCUT2D eigenvalue weighted by atomic mass is 9.40. The Morgan fingerprint density at radius 2 is 1.39 bits per heavy atom. The van der Waals surface area contributed by atoms with E-state index < -0.39 is 40.1 Å². The minimum atomic E-state index is -3.84. The van der Waals surface area contributed by atoms with Gasteiger partial charge in [-0.15, -0.1) is 0 Å². The molecule has 1 aromatic rings. The quantitative estimate of drug-likeness (QED) is 0.431. The molecule has 0 N–H and O–H groups in total. The van der Waals surface area contributed by atoms with E-state index in [0.29, 0.717) is 18.3 Å². The van der Waals surface area contributed by atoms with Gasteiger partial charge in [0, 0.05) is 5.41 Å². The normalized spacial score (nSPS) is 39.5. The number of fused-ring (bicyclic) bond motifs is 5. The molecule has 0 heterocycles. The summed E-state index contributed by atoms with van der Waals surface area (Å²) >= 11 is 0. The average Bonchev–Trinajstić information content (AvgIpc) is 2.75. The second-order valence-electron chi connectivity index (χ2n) is 10.9. The third kappa shape index (κ3) is 2.78. The molecule has 6 aliphatic rings. The first kappa shape index (κ1) is 21.3. The maximum Gasteiger partial charge on any atom is 0.407 e. The Morgan fingerprint density at radius 1 is 0.806 bits per heavy atom. The number of hydrogen-bond acceptors (Lipinski definition) is 1. The Balaban J connectivity index is 1.46. The molecule has 4 bridgehead atoms. The van der Waals surface area contributed by atoms with Crippen molar-refractivity contribution >= 4 is 0 Å². The van der Waals surface area contributed by atoms with Crippen molar-refractivity contribution < 1.29 is 26.7 Å². The first-order valence-corrected chi connectivity index (χ1v) is 11.4. The van der Waals surface area contributed by atoms with Crippen LogP contribution in [0.25, 0.3) is 0 Å². The van der Waals surface area contributed by atoms with Gasteiger partial charge in [-0.05, 0) is 99.7 Å². The fraction of sp³-hybridized carbons (Fsp3) is 0.680. The van der Waals surface area contributed by atoms with Crippen LogP contribution in [-0.4, -0.2) is 6.11 Å². The van der Waals surface area contributed by atoms with Crippen molar-refractivity contribution in [3.05, 3.63) is 41.2 Å². The Labute approximate surface area is 180 Å². The van der Waals surface area contributed by atoms with Crippen molar-refractivity contribution in [1.82, 2.24) is 0 Å². The minimum absolute atomic E-state index is 0.00713. The Bertz CT molecular complexity index is 917. The maximum atomic E-state index is 15.7. The molecule has 0 atom stereocenters. The molecular formula is C25H29F5O. The Hall–Kier alpha value is -1.59. The summed E-state index contributed by atoms with van der Waals surface area (Å²) in [6.45, 7) is 3.65. The van der Waals surface area contributed by atoms with Crippen LogP contribution in [0.5, 0.6) is 5.75 Å². The largest absolute Gasteiger partial charge is 0.429 e. The first-order valence-electron chi connectivity index (χ1n) is 11.4. The van der Waals surface area contributed by atoms with E-state index in [1.807, 2.05) is 0 Å². The van der Waals surface area contributed by atoms with E-state index in [-0.39, 0.29) is 23.8 Å². The fourth-order valence-electron chi connectivity index (χ4n) is 7.08. The molecular weight excluding hydrogens is 411 g/mol. The van der Waals surface area contributed by atoms with Crippen molar-refractivity contribution in [1.29, 1.82) is 0 Å². The smallest absolute Gasteiger partial charge is 0.407 e. The number of halogens is 5. The molecule has 170 valence electrons. The summed E-state index contributed by atoms with van der Waals surface area (Å²) in [6.07, 6.45) is 4.22. The van der Waals surface area contributed by atoms with Gasteiger partial charge in [0.05, 0.1) is 5.41 Å². The summed E-state index contributed by atoms with van der Waals surface area (Å²) in [4.78, 5) is 0. The zero-order chi connectivity index (χ0) is 22.3. The zero-order valence-corrected chi connectivity index (χ0v) is 18.1. The lowest BCUT2D eigenvalue weighted by Gasteiger charge is -2.64. The third-order valence-corrected chi connectivity index (χ3v) is 9.55. The number of alkyl halides is 2. The van der Waals surface area contributed by atoms with Crippen LogP contribution in [0.2, 0.25) is 0 Å². The van der Waals surface area contributed by atoms with Crippen LogP contribution in [-0.2, 0) is 0 Å². The number of hydrogen-bond donors (Lipinski definition) is 0. The van der Waals surface area contributed by atoms with Gasteiger partial charge in [0.1, 0.15) is 5.83 Å². The molecule has 0 amide bonds. The molecule has 1 aromatic carbocycles. The number of ether oxygens (including phenoxy) is 1. The summed E-state index contributed by atoms with van der Waals surface area (Å²) in [6, 6.07) is 2.21. The lowest BCUT2D eigenvalue weighted by Crippen LogP contribution is -2.59. The van der Waals surface area contributed by atoms with E-state index in [0.717, 1.165) is 50.7 Å². The maximum absolute atomic E-state index is 15.7. The standard InChI is InChI=1S/C25H29F5O/c1-16-3-4-17(20(28)19(16)27)31-25(29,30)23-11-13-24(14-12-23,18(26)15-23)22-8-5-21(2,6-9-22)7-10-22/h3-4,15H,5-14H2,1-2H3. The number of aryl methyl sites for hydroxylation is 1. The van der Waals surface area contributed by atoms with Crippen LogP contribution in [0.4, 0.5) is 22.0 Å². The highest BCUT2D eigenvalue weighted by molar-refractivity contribution is 5.33. The minimum Gasteiger partial charge on any atom is -0.429 e. The predicted octanol–water partition coefficient (Wildman–Crippen LogP) is 8.02. The van der Waals surface area contributed by atoms with Crippen LogP contribution >= 0.6 is 0 Å². The Morgan fingerprint density at radius 3 is 1.94 bits per heavy atom. The molecule has 4 saturated carbocycles. The molecule has 7 rings (SSSR count). The van der Waals surface area contributed by atoms with E-state index in [1.165, 1.54) is 13.0 Å². The highest BCUT2D eigenvalue weighted by Crippen LogP contribution is 2.73. The van der Waals surface area contributed by atoms with Crippen molar-refractivity contribution in [3.8, 4) is 5.75 Å². The van der Waals surface area contributed by atoms with Gasteiger partial charge in [-0.25, -0.2) is 8.78 Å². The van der Waals surface area contributed by atoms with Gasteiger partial charge in [0.25, 0.3) is 0 Å². The zero-order valence-electron chi connectivity index (χ0n) is 18.1. The third-order valence-electron chi connectivity index (χ3n) is 9.55. The van der Waals surface area contributed by atoms with Crippen molar-refractivity contribution in [2.24, 2.45) is 21.7 Å². The summed E-state index contributed by atoms with van der Waals surface area (Å²) in [7, 11) is 0. The first-order chi connectivity index (χ1) is 14.5. The van der Waals surface area contributed by atoms with Gasteiger partial charge in [0.15, 0.2) is 11.6 Å². The average molecular weight is 440 g/mol. The summed E-state index contributed by atoms with van der Waals surface area (Å²) in [5.41, 5.74) is -2.28. The molecule has 0 saturated heterocycles. The highest BCUT2D eigenvalue weighted by Gasteiger charge is 2.68. The van der Waals surface area contributed by atoms with E-state index >= 15 is 13.2 Å². The monoisotopic (exact) mass is 440 g/mol. The van der Waals surface area contributed by atoms with Crippen molar-refractivity contribution in [2.75, 3.05) is 0 Å². The molecule has 0 aromatic heterocycles. The lowest BCUT2D eigenvalue weighted by molar-refractivity contribution is -0.269. The highest BCUT2D eigenvalue weighted by atomic mass is 19.3. The van der Waals surface area contributed by atoms with Crippen LogP contribution in [0.3, 0.4) is 0 Å². The van der Waals surface area contributed by atoms with Gasteiger partial charge in [-0.2, -0.15) is 13.2 Å². The summed E-state index contributed by atoms with van der Waals surface area (Å²) < 4.78 is 79.2. The van der Waals surface area contributed by atoms with E-state index in [2.05, 4.69) is 6.92 Å². The van der Waals surface area contributed by atoms with Crippen molar-refractivity contribution in [2.45, 2.75) is 84.2 Å². The predicted molar refractivity (Wildman–Crippen MR) is 107 cm³/mol. The number of rotatable bonds is 4. The van der Waals surface area contributed by atoms with Gasteiger partial charge in [-0.1, -0.05) is 13.0 Å². The van der Waals surface area contributed by atoms with Crippen LogP contribution in [0, 0.1) is 40.2 Å². The van der Waals surface area contributed by atoms with Gasteiger partial charge >= 0.3 is 6.11 Å². The van der Waals surface area contributed by atoms with Gasteiger partial charge < -0.3 is 4.74 Å². The van der Waals surface area contributed by atoms with Gasteiger partial charge in [-0.3, -0.25) is 0 Å². The molecule has 0 unspecified atom stereocenters. The molecule has 0 radical (unpaired) electrons. The van der Waals surface area contributed by atoms with Crippen LogP contribution < -0.4 is 4.74 Å². The number of allylic oxidation sites excluding steroid dienone is 1. The summed E-state index contributed by atoms with van der Waals surface area (Å²) in [5, 5.41) is 0.